The zero-order valence-corrected chi connectivity index (χ0v) is 10.3. The molecule has 1 aromatic rings. The van der Waals surface area contributed by atoms with Gasteiger partial charge in [-0.2, -0.15) is 12.6 Å². The standard InChI is InChI=1S/C12H16N2OS/c1-9-3-2-4-11(13-9)7-14-6-10(8-16)5-12(14)15/h2-4,10,16H,5-8H2,1H3. The highest BCUT2D eigenvalue weighted by Crippen LogP contribution is 2.20. The molecule has 1 atom stereocenters. The van der Waals surface area contributed by atoms with Gasteiger partial charge in [0.1, 0.15) is 0 Å². The number of carbonyl (C=O) groups excluding carboxylic acids is 1. The second kappa shape index (κ2) is 4.87. The van der Waals surface area contributed by atoms with Gasteiger partial charge in [0.2, 0.25) is 5.91 Å². The number of hydrogen-bond donors (Lipinski definition) is 1. The highest BCUT2D eigenvalue weighted by molar-refractivity contribution is 7.80. The minimum atomic E-state index is 0.224. The largest absolute Gasteiger partial charge is 0.336 e. The van der Waals surface area contributed by atoms with Gasteiger partial charge in [0.15, 0.2) is 0 Å². The predicted octanol–water partition coefficient (Wildman–Crippen LogP) is 1.67. The summed E-state index contributed by atoms with van der Waals surface area (Å²) in [5.41, 5.74) is 1.96. The molecule has 3 nitrogen and oxygen atoms in total. The first kappa shape index (κ1) is 11.5. The number of hydrogen-bond acceptors (Lipinski definition) is 3. The van der Waals surface area contributed by atoms with E-state index in [1.807, 2.05) is 30.0 Å². The zero-order chi connectivity index (χ0) is 11.5. The molecule has 1 aromatic heterocycles. The average Bonchev–Trinajstić information content (AvgIpc) is 2.60. The molecule has 1 saturated heterocycles. The third kappa shape index (κ3) is 2.55. The van der Waals surface area contributed by atoms with E-state index in [0.717, 1.165) is 23.7 Å². The van der Waals surface area contributed by atoms with E-state index in [-0.39, 0.29) is 5.91 Å². The van der Waals surface area contributed by atoms with E-state index in [0.29, 0.717) is 18.9 Å². The Labute approximate surface area is 101 Å². The van der Waals surface area contributed by atoms with E-state index in [1.165, 1.54) is 0 Å². The van der Waals surface area contributed by atoms with Crippen molar-refractivity contribution >= 4 is 18.5 Å². The van der Waals surface area contributed by atoms with Crippen LogP contribution in [0.15, 0.2) is 18.2 Å². The van der Waals surface area contributed by atoms with Gasteiger partial charge in [-0.3, -0.25) is 9.78 Å². The molecule has 0 radical (unpaired) electrons. The van der Waals surface area contributed by atoms with Crippen molar-refractivity contribution in [2.24, 2.45) is 5.92 Å². The number of aromatic nitrogens is 1. The number of rotatable bonds is 3. The van der Waals surface area contributed by atoms with Crippen molar-refractivity contribution in [1.82, 2.24) is 9.88 Å². The molecule has 2 heterocycles. The van der Waals surface area contributed by atoms with Gasteiger partial charge >= 0.3 is 0 Å². The fourth-order valence-electron chi connectivity index (χ4n) is 2.01. The molecule has 1 aliphatic heterocycles. The Balaban J connectivity index is 2.03. The van der Waals surface area contributed by atoms with Gasteiger partial charge in [-0.15, -0.1) is 0 Å². The lowest BCUT2D eigenvalue weighted by molar-refractivity contribution is -0.128. The molecule has 0 bridgehead atoms. The van der Waals surface area contributed by atoms with E-state index >= 15 is 0 Å². The lowest BCUT2D eigenvalue weighted by atomic mass is 10.1. The summed E-state index contributed by atoms with van der Waals surface area (Å²) < 4.78 is 0. The summed E-state index contributed by atoms with van der Waals surface area (Å²) in [4.78, 5) is 18.0. The summed E-state index contributed by atoms with van der Waals surface area (Å²) in [6.45, 7) is 3.41. The second-order valence-electron chi connectivity index (χ2n) is 4.30. The summed E-state index contributed by atoms with van der Waals surface area (Å²) >= 11 is 4.24. The van der Waals surface area contributed by atoms with Crippen LogP contribution in [0.3, 0.4) is 0 Å². The topological polar surface area (TPSA) is 33.2 Å². The van der Waals surface area contributed by atoms with Crippen LogP contribution >= 0.6 is 12.6 Å². The van der Waals surface area contributed by atoms with Crippen LogP contribution in [0.4, 0.5) is 0 Å². The Morgan fingerprint density at radius 3 is 3.00 bits per heavy atom. The Bertz CT molecular complexity index is 394. The summed E-state index contributed by atoms with van der Waals surface area (Å²) in [6.07, 6.45) is 0.634. The number of likely N-dealkylation sites (tertiary alicyclic amines) is 1. The van der Waals surface area contributed by atoms with E-state index < -0.39 is 0 Å². The van der Waals surface area contributed by atoms with Crippen molar-refractivity contribution in [1.29, 1.82) is 0 Å². The van der Waals surface area contributed by atoms with Crippen molar-refractivity contribution in [2.45, 2.75) is 19.9 Å². The second-order valence-corrected chi connectivity index (χ2v) is 4.66. The van der Waals surface area contributed by atoms with Crippen LogP contribution < -0.4 is 0 Å². The number of pyridine rings is 1. The van der Waals surface area contributed by atoms with E-state index in [1.54, 1.807) is 0 Å². The molecular formula is C12H16N2OS. The van der Waals surface area contributed by atoms with E-state index in [9.17, 15) is 4.79 Å². The minimum absolute atomic E-state index is 0.224. The molecule has 0 saturated carbocycles. The zero-order valence-electron chi connectivity index (χ0n) is 9.39. The van der Waals surface area contributed by atoms with Gasteiger partial charge in [0.25, 0.3) is 0 Å². The fourth-order valence-corrected chi connectivity index (χ4v) is 2.26. The first-order chi connectivity index (χ1) is 7.69. The van der Waals surface area contributed by atoms with Crippen LogP contribution in [0.1, 0.15) is 17.8 Å². The lowest BCUT2D eigenvalue weighted by Crippen LogP contribution is -2.25. The highest BCUT2D eigenvalue weighted by Gasteiger charge is 2.28. The van der Waals surface area contributed by atoms with Crippen LogP contribution in [0, 0.1) is 12.8 Å². The Morgan fingerprint density at radius 2 is 2.38 bits per heavy atom. The van der Waals surface area contributed by atoms with Gasteiger partial charge in [-0.25, -0.2) is 0 Å². The highest BCUT2D eigenvalue weighted by atomic mass is 32.1. The number of carbonyl (C=O) groups is 1. The number of aryl methyl sites for hydroxylation is 1. The SMILES string of the molecule is Cc1cccc(CN2CC(CS)CC2=O)n1. The maximum atomic E-state index is 11.7. The van der Waals surface area contributed by atoms with E-state index in [4.69, 9.17) is 0 Å². The Morgan fingerprint density at radius 1 is 1.56 bits per heavy atom. The molecule has 0 aliphatic carbocycles. The minimum Gasteiger partial charge on any atom is -0.336 e. The van der Waals surface area contributed by atoms with Crippen LogP contribution in [0.5, 0.6) is 0 Å². The van der Waals surface area contributed by atoms with Crippen LogP contribution in [-0.4, -0.2) is 28.1 Å². The molecule has 0 N–H and O–H groups in total. The van der Waals surface area contributed by atoms with Gasteiger partial charge < -0.3 is 4.90 Å². The molecule has 1 unspecified atom stereocenters. The van der Waals surface area contributed by atoms with Crippen LogP contribution in [-0.2, 0) is 11.3 Å². The summed E-state index contributed by atoms with van der Waals surface area (Å²) in [6, 6.07) is 5.91. The lowest BCUT2D eigenvalue weighted by Gasteiger charge is -2.15. The van der Waals surface area contributed by atoms with Gasteiger partial charge in [-0.05, 0) is 30.7 Å². The van der Waals surface area contributed by atoms with Gasteiger partial charge in [0, 0.05) is 18.7 Å². The van der Waals surface area contributed by atoms with Crippen molar-refractivity contribution in [3.8, 4) is 0 Å². The summed E-state index contributed by atoms with van der Waals surface area (Å²) in [5.74, 6) is 1.41. The van der Waals surface area contributed by atoms with Crippen molar-refractivity contribution < 1.29 is 4.79 Å². The van der Waals surface area contributed by atoms with Crippen molar-refractivity contribution in [3.63, 3.8) is 0 Å². The molecule has 1 amide bonds. The molecule has 16 heavy (non-hydrogen) atoms. The first-order valence-corrected chi connectivity index (χ1v) is 6.13. The smallest absolute Gasteiger partial charge is 0.223 e. The maximum absolute atomic E-state index is 11.7. The number of nitrogens with zero attached hydrogens (tertiary/aromatic N) is 2. The number of amides is 1. The normalized spacial score (nSPS) is 20.5. The van der Waals surface area contributed by atoms with Gasteiger partial charge in [-0.1, -0.05) is 6.07 Å². The third-order valence-corrected chi connectivity index (χ3v) is 3.37. The quantitative estimate of drug-likeness (QED) is 0.810. The van der Waals surface area contributed by atoms with Crippen molar-refractivity contribution in [2.75, 3.05) is 12.3 Å². The van der Waals surface area contributed by atoms with Gasteiger partial charge in [0.05, 0.1) is 12.2 Å². The molecule has 2 rings (SSSR count). The molecule has 0 aromatic carbocycles. The summed E-state index contributed by atoms with van der Waals surface area (Å²) in [5, 5.41) is 0. The molecule has 1 fully saturated rings. The molecule has 4 heteroatoms. The van der Waals surface area contributed by atoms with Crippen molar-refractivity contribution in [3.05, 3.63) is 29.6 Å². The molecular weight excluding hydrogens is 220 g/mol. The maximum Gasteiger partial charge on any atom is 0.223 e. The number of thiol groups is 1. The summed E-state index contributed by atoms with van der Waals surface area (Å²) in [7, 11) is 0. The monoisotopic (exact) mass is 236 g/mol. The molecule has 86 valence electrons. The van der Waals surface area contributed by atoms with Crippen LogP contribution in [0.2, 0.25) is 0 Å². The Hall–Kier alpha value is -1.03. The molecule has 1 aliphatic rings. The Kier molecular flexibility index (Phi) is 3.49. The van der Waals surface area contributed by atoms with E-state index in [2.05, 4.69) is 17.6 Å². The van der Waals surface area contributed by atoms with Crippen LogP contribution in [0.25, 0.3) is 0 Å². The predicted molar refractivity (Wildman–Crippen MR) is 66.4 cm³/mol. The fraction of sp³-hybridized carbons (Fsp3) is 0.500. The first-order valence-electron chi connectivity index (χ1n) is 5.50. The molecule has 0 spiro atoms. The average molecular weight is 236 g/mol. The third-order valence-electron chi connectivity index (χ3n) is 2.85.